The molecule has 0 heterocycles. The SMILES string of the molecule is CC.CNC(C(=O)OC)c1cccc(F)c1. The Labute approximate surface area is 95.6 Å². The summed E-state index contributed by atoms with van der Waals surface area (Å²) in [7, 11) is 2.92. The number of likely N-dealkylation sites (N-methyl/N-ethyl adjacent to an activating group) is 1. The summed E-state index contributed by atoms with van der Waals surface area (Å²) in [4.78, 5) is 11.2. The monoisotopic (exact) mass is 227 g/mol. The number of esters is 1. The van der Waals surface area contributed by atoms with E-state index in [0.717, 1.165) is 0 Å². The predicted octanol–water partition coefficient (Wildman–Crippen LogP) is 2.29. The molecule has 0 aromatic heterocycles. The minimum Gasteiger partial charge on any atom is -0.468 e. The number of hydrogen-bond acceptors (Lipinski definition) is 3. The van der Waals surface area contributed by atoms with Gasteiger partial charge in [0.05, 0.1) is 7.11 Å². The van der Waals surface area contributed by atoms with E-state index in [1.165, 1.54) is 19.2 Å². The van der Waals surface area contributed by atoms with Crippen LogP contribution in [0.15, 0.2) is 24.3 Å². The topological polar surface area (TPSA) is 38.3 Å². The van der Waals surface area contributed by atoms with Crippen molar-refractivity contribution in [2.75, 3.05) is 14.2 Å². The third kappa shape index (κ3) is 3.98. The summed E-state index contributed by atoms with van der Waals surface area (Å²) < 4.78 is 17.4. The van der Waals surface area contributed by atoms with E-state index in [0.29, 0.717) is 5.56 Å². The summed E-state index contributed by atoms with van der Waals surface area (Å²) in [6.07, 6.45) is 0. The third-order valence-electron chi connectivity index (χ3n) is 1.91. The number of carbonyl (C=O) groups is 1. The van der Waals surface area contributed by atoms with Crippen LogP contribution in [0, 0.1) is 5.82 Å². The van der Waals surface area contributed by atoms with Crippen LogP contribution < -0.4 is 5.32 Å². The van der Waals surface area contributed by atoms with Crippen LogP contribution in [0.1, 0.15) is 25.5 Å². The summed E-state index contributed by atoms with van der Waals surface area (Å²) >= 11 is 0. The lowest BCUT2D eigenvalue weighted by Crippen LogP contribution is -2.26. The molecule has 90 valence electrons. The molecular formula is C12H18FNO2. The Morgan fingerprint density at radius 1 is 1.44 bits per heavy atom. The quantitative estimate of drug-likeness (QED) is 0.805. The molecule has 0 radical (unpaired) electrons. The van der Waals surface area contributed by atoms with Crippen LogP contribution in [0.2, 0.25) is 0 Å². The predicted molar refractivity (Wildman–Crippen MR) is 61.6 cm³/mol. The fourth-order valence-electron chi connectivity index (χ4n) is 1.22. The molecular weight excluding hydrogens is 209 g/mol. The Balaban J connectivity index is 0.00000106. The van der Waals surface area contributed by atoms with Crippen LogP contribution in [0.4, 0.5) is 4.39 Å². The standard InChI is InChI=1S/C10H12FNO2.C2H6/c1-12-9(10(13)14-2)7-4-3-5-8(11)6-7;1-2/h3-6,9,12H,1-2H3;1-2H3. The second kappa shape index (κ2) is 7.82. The summed E-state index contributed by atoms with van der Waals surface area (Å²) in [5.74, 6) is -0.801. The molecule has 0 amide bonds. The summed E-state index contributed by atoms with van der Waals surface area (Å²) in [6, 6.07) is 5.24. The lowest BCUT2D eigenvalue weighted by atomic mass is 10.1. The van der Waals surface area contributed by atoms with E-state index in [9.17, 15) is 9.18 Å². The van der Waals surface area contributed by atoms with Gasteiger partial charge in [-0.05, 0) is 24.7 Å². The van der Waals surface area contributed by atoms with Crippen molar-refractivity contribution in [2.45, 2.75) is 19.9 Å². The van der Waals surface area contributed by atoms with Gasteiger partial charge in [0.15, 0.2) is 0 Å². The molecule has 3 nitrogen and oxygen atoms in total. The van der Waals surface area contributed by atoms with Gasteiger partial charge in [0.25, 0.3) is 0 Å². The molecule has 0 spiro atoms. The first-order valence-corrected chi connectivity index (χ1v) is 5.19. The number of ether oxygens (including phenoxy) is 1. The largest absolute Gasteiger partial charge is 0.468 e. The molecule has 1 N–H and O–H groups in total. The van der Waals surface area contributed by atoms with Crippen molar-refractivity contribution in [3.63, 3.8) is 0 Å². The van der Waals surface area contributed by atoms with Gasteiger partial charge in [0.1, 0.15) is 11.9 Å². The average molecular weight is 227 g/mol. The van der Waals surface area contributed by atoms with Crippen molar-refractivity contribution in [3.05, 3.63) is 35.6 Å². The van der Waals surface area contributed by atoms with Crippen molar-refractivity contribution < 1.29 is 13.9 Å². The molecule has 1 aromatic rings. The number of carbonyl (C=O) groups excluding carboxylic acids is 1. The van der Waals surface area contributed by atoms with Crippen molar-refractivity contribution >= 4 is 5.97 Å². The van der Waals surface area contributed by atoms with Gasteiger partial charge in [-0.2, -0.15) is 0 Å². The highest BCUT2D eigenvalue weighted by Gasteiger charge is 2.19. The van der Waals surface area contributed by atoms with Crippen molar-refractivity contribution in [2.24, 2.45) is 0 Å². The zero-order valence-corrected chi connectivity index (χ0v) is 10.1. The van der Waals surface area contributed by atoms with Crippen molar-refractivity contribution in [1.82, 2.24) is 5.32 Å². The van der Waals surface area contributed by atoms with Gasteiger partial charge in [-0.3, -0.25) is 0 Å². The second-order valence-corrected chi connectivity index (χ2v) is 2.80. The van der Waals surface area contributed by atoms with Gasteiger partial charge in [-0.25, -0.2) is 9.18 Å². The Morgan fingerprint density at radius 3 is 2.50 bits per heavy atom. The van der Waals surface area contributed by atoms with E-state index in [2.05, 4.69) is 10.1 Å². The summed E-state index contributed by atoms with van der Waals surface area (Å²) in [5.41, 5.74) is 0.555. The molecule has 0 aliphatic carbocycles. The molecule has 1 aromatic carbocycles. The van der Waals surface area contributed by atoms with Crippen LogP contribution >= 0.6 is 0 Å². The van der Waals surface area contributed by atoms with Gasteiger partial charge in [0, 0.05) is 0 Å². The number of benzene rings is 1. The third-order valence-corrected chi connectivity index (χ3v) is 1.91. The van der Waals surface area contributed by atoms with Crippen LogP contribution in [0.5, 0.6) is 0 Å². The lowest BCUT2D eigenvalue weighted by molar-refractivity contribution is -0.143. The van der Waals surface area contributed by atoms with Gasteiger partial charge in [0.2, 0.25) is 0 Å². The van der Waals surface area contributed by atoms with Gasteiger partial charge in [-0.15, -0.1) is 0 Å². The lowest BCUT2D eigenvalue weighted by Gasteiger charge is -2.13. The number of rotatable bonds is 3. The molecule has 1 rings (SSSR count). The Kier molecular flexibility index (Phi) is 7.12. The second-order valence-electron chi connectivity index (χ2n) is 2.80. The maximum atomic E-state index is 12.9. The molecule has 0 bridgehead atoms. The maximum absolute atomic E-state index is 12.9. The summed E-state index contributed by atoms with van der Waals surface area (Å²) in [6.45, 7) is 4.00. The Morgan fingerprint density at radius 2 is 2.06 bits per heavy atom. The highest BCUT2D eigenvalue weighted by Crippen LogP contribution is 2.14. The van der Waals surface area contributed by atoms with Crippen LogP contribution in [-0.4, -0.2) is 20.1 Å². The van der Waals surface area contributed by atoms with Crippen molar-refractivity contribution in [3.8, 4) is 0 Å². The molecule has 1 unspecified atom stereocenters. The summed E-state index contributed by atoms with van der Waals surface area (Å²) in [5, 5.41) is 2.76. The molecule has 0 saturated heterocycles. The number of methoxy groups -OCH3 is 1. The number of nitrogens with one attached hydrogen (secondary N) is 1. The van der Waals surface area contributed by atoms with Crippen LogP contribution in [0.25, 0.3) is 0 Å². The van der Waals surface area contributed by atoms with E-state index in [1.807, 2.05) is 13.8 Å². The molecule has 0 aliphatic rings. The molecule has 0 fully saturated rings. The first-order chi connectivity index (χ1) is 7.69. The number of hydrogen-bond donors (Lipinski definition) is 1. The van der Waals surface area contributed by atoms with E-state index in [4.69, 9.17) is 0 Å². The average Bonchev–Trinajstić information content (AvgIpc) is 2.32. The molecule has 0 saturated carbocycles. The van der Waals surface area contributed by atoms with Gasteiger partial charge >= 0.3 is 5.97 Å². The smallest absolute Gasteiger partial charge is 0.327 e. The highest BCUT2D eigenvalue weighted by molar-refractivity contribution is 5.77. The van der Waals surface area contributed by atoms with Gasteiger partial charge < -0.3 is 10.1 Å². The van der Waals surface area contributed by atoms with E-state index >= 15 is 0 Å². The zero-order valence-electron chi connectivity index (χ0n) is 10.1. The normalized spacial score (nSPS) is 11.1. The van der Waals surface area contributed by atoms with E-state index < -0.39 is 12.0 Å². The van der Waals surface area contributed by atoms with E-state index in [1.54, 1.807) is 19.2 Å². The first-order valence-electron chi connectivity index (χ1n) is 5.19. The van der Waals surface area contributed by atoms with E-state index in [-0.39, 0.29) is 5.82 Å². The molecule has 16 heavy (non-hydrogen) atoms. The Bertz CT molecular complexity index is 329. The number of halogens is 1. The van der Waals surface area contributed by atoms with Crippen LogP contribution in [-0.2, 0) is 9.53 Å². The molecule has 0 aliphatic heterocycles. The minimum absolute atomic E-state index is 0.369. The zero-order chi connectivity index (χ0) is 12.6. The first kappa shape index (κ1) is 14.6. The fraction of sp³-hybridized carbons (Fsp3) is 0.417. The molecule has 4 heteroatoms. The highest BCUT2D eigenvalue weighted by atomic mass is 19.1. The molecule has 1 atom stereocenters. The van der Waals surface area contributed by atoms with Gasteiger partial charge in [-0.1, -0.05) is 26.0 Å². The maximum Gasteiger partial charge on any atom is 0.327 e. The fourth-order valence-corrected chi connectivity index (χ4v) is 1.22. The minimum atomic E-state index is -0.615. The van der Waals surface area contributed by atoms with Crippen LogP contribution in [0.3, 0.4) is 0 Å². The Hall–Kier alpha value is -1.42. The van der Waals surface area contributed by atoms with Crippen molar-refractivity contribution in [1.29, 1.82) is 0 Å².